The fraction of sp³-hybridized carbons (Fsp3) is 0.250. The topological polar surface area (TPSA) is 68.4 Å². The second-order valence-electron chi connectivity index (χ2n) is 4.88. The lowest BCUT2D eigenvalue weighted by atomic mass is 10.0. The summed E-state index contributed by atoms with van der Waals surface area (Å²) in [7, 11) is 0. The molecule has 1 atom stereocenters. The molecule has 1 heterocycles. The van der Waals surface area contributed by atoms with Crippen molar-refractivity contribution >= 4 is 10.8 Å². The van der Waals surface area contributed by atoms with Crippen molar-refractivity contribution in [3.63, 3.8) is 0 Å². The third-order valence-electron chi connectivity index (χ3n) is 3.27. The molecule has 0 aliphatic carbocycles. The summed E-state index contributed by atoms with van der Waals surface area (Å²) in [5.74, 6) is 1.57. The van der Waals surface area contributed by atoms with Gasteiger partial charge in [-0.15, -0.1) is 10.2 Å². The zero-order chi connectivity index (χ0) is 14.8. The predicted molar refractivity (Wildman–Crippen MR) is 77.9 cm³/mol. The number of fused-ring (bicyclic) bond motifs is 1. The van der Waals surface area contributed by atoms with E-state index in [0.29, 0.717) is 17.5 Å². The van der Waals surface area contributed by atoms with Crippen LogP contribution in [0.2, 0.25) is 0 Å². The molecule has 0 saturated carbocycles. The second kappa shape index (κ2) is 5.54. The van der Waals surface area contributed by atoms with Crippen molar-refractivity contribution in [2.24, 2.45) is 0 Å². The van der Waals surface area contributed by atoms with Crippen LogP contribution in [0.3, 0.4) is 0 Å². The SMILES string of the molecule is Cc1nnc(COc2c([C@H](C)O)ccc3ccccc23)o1. The van der Waals surface area contributed by atoms with Gasteiger partial charge in [-0.2, -0.15) is 0 Å². The van der Waals surface area contributed by atoms with Crippen LogP contribution in [0, 0.1) is 6.92 Å². The number of aliphatic hydroxyl groups is 1. The van der Waals surface area contributed by atoms with Gasteiger partial charge in [-0.3, -0.25) is 0 Å². The van der Waals surface area contributed by atoms with Crippen LogP contribution < -0.4 is 4.74 Å². The molecule has 21 heavy (non-hydrogen) atoms. The number of benzene rings is 2. The lowest BCUT2D eigenvalue weighted by Crippen LogP contribution is -2.02. The van der Waals surface area contributed by atoms with Gasteiger partial charge < -0.3 is 14.3 Å². The third-order valence-corrected chi connectivity index (χ3v) is 3.27. The van der Waals surface area contributed by atoms with E-state index < -0.39 is 6.10 Å². The van der Waals surface area contributed by atoms with Gasteiger partial charge in [0.05, 0.1) is 6.10 Å². The summed E-state index contributed by atoms with van der Waals surface area (Å²) in [6, 6.07) is 11.7. The maximum Gasteiger partial charge on any atom is 0.253 e. The Balaban J connectivity index is 1.99. The summed E-state index contributed by atoms with van der Waals surface area (Å²) in [5.41, 5.74) is 0.741. The molecule has 0 aliphatic heterocycles. The Hall–Kier alpha value is -2.40. The molecule has 3 aromatic rings. The van der Waals surface area contributed by atoms with Gasteiger partial charge >= 0.3 is 0 Å². The van der Waals surface area contributed by atoms with Gasteiger partial charge in [-0.1, -0.05) is 36.4 Å². The van der Waals surface area contributed by atoms with E-state index >= 15 is 0 Å². The van der Waals surface area contributed by atoms with Gasteiger partial charge in [0.15, 0.2) is 6.61 Å². The zero-order valence-corrected chi connectivity index (χ0v) is 11.9. The summed E-state index contributed by atoms with van der Waals surface area (Å²) < 4.78 is 11.2. The standard InChI is InChI=1S/C16H16N2O3/c1-10(19)13-8-7-12-5-3-4-6-14(12)16(13)20-9-15-18-17-11(2)21-15/h3-8,10,19H,9H2,1-2H3/t10-/m0/s1. The Morgan fingerprint density at radius 1 is 1.19 bits per heavy atom. The van der Waals surface area contributed by atoms with Crippen LogP contribution in [0.5, 0.6) is 5.75 Å². The number of hydrogen-bond acceptors (Lipinski definition) is 5. The summed E-state index contributed by atoms with van der Waals surface area (Å²) in [6.07, 6.45) is -0.617. The highest BCUT2D eigenvalue weighted by atomic mass is 16.5. The first-order valence-electron chi connectivity index (χ1n) is 6.76. The quantitative estimate of drug-likeness (QED) is 0.797. The van der Waals surface area contributed by atoms with Gasteiger partial charge in [0.2, 0.25) is 5.89 Å². The summed E-state index contributed by atoms with van der Waals surface area (Å²) in [4.78, 5) is 0. The number of aromatic nitrogens is 2. The molecule has 2 aromatic carbocycles. The van der Waals surface area contributed by atoms with Crippen LogP contribution in [0.1, 0.15) is 30.4 Å². The molecule has 0 fully saturated rings. The number of hydrogen-bond donors (Lipinski definition) is 1. The lowest BCUT2D eigenvalue weighted by Gasteiger charge is -2.15. The molecule has 5 heteroatoms. The minimum atomic E-state index is -0.617. The highest BCUT2D eigenvalue weighted by molar-refractivity contribution is 5.89. The monoisotopic (exact) mass is 284 g/mol. The van der Waals surface area contributed by atoms with E-state index in [1.807, 2.05) is 36.4 Å². The van der Waals surface area contributed by atoms with Crippen molar-refractivity contribution in [3.8, 4) is 5.75 Å². The maximum atomic E-state index is 9.93. The molecule has 1 N–H and O–H groups in total. The average molecular weight is 284 g/mol. The van der Waals surface area contributed by atoms with Crippen LogP contribution in [0.4, 0.5) is 0 Å². The number of aryl methyl sites for hydroxylation is 1. The minimum Gasteiger partial charge on any atom is -0.483 e. The van der Waals surface area contributed by atoms with E-state index in [1.165, 1.54) is 0 Å². The van der Waals surface area contributed by atoms with Crippen molar-refractivity contribution in [2.45, 2.75) is 26.6 Å². The smallest absolute Gasteiger partial charge is 0.253 e. The number of ether oxygens (including phenoxy) is 1. The van der Waals surface area contributed by atoms with Crippen LogP contribution >= 0.6 is 0 Å². The molecule has 108 valence electrons. The van der Waals surface area contributed by atoms with Gasteiger partial charge in [-0.25, -0.2) is 0 Å². The summed E-state index contributed by atoms with van der Waals surface area (Å²) >= 11 is 0. The Morgan fingerprint density at radius 3 is 2.71 bits per heavy atom. The molecule has 0 radical (unpaired) electrons. The first-order chi connectivity index (χ1) is 10.1. The lowest BCUT2D eigenvalue weighted by molar-refractivity contribution is 0.188. The summed E-state index contributed by atoms with van der Waals surface area (Å²) in [5, 5.41) is 19.6. The first kappa shape index (κ1) is 13.6. The van der Waals surface area contributed by atoms with E-state index in [1.54, 1.807) is 13.8 Å². The Morgan fingerprint density at radius 2 is 2.00 bits per heavy atom. The van der Waals surface area contributed by atoms with Gasteiger partial charge in [-0.05, 0) is 12.3 Å². The molecule has 0 saturated heterocycles. The predicted octanol–water partition coefficient (Wildman–Crippen LogP) is 3.16. The normalized spacial score (nSPS) is 12.5. The molecule has 0 amide bonds. The van der Waals surface area contributed by atoms with Gasteiger partial charge in [0.1, 0.15) is 5.75 Å². The molecule has 1 aromatic heterocycles. The number of aliphatic hydroxyl groups excluding tert-OH is 1. The van der Waals surface area contributed by atoms with Crippen LogP contribution in [0.25, 0.3) is 10.8 Å². The van der Waals surface area contributed by atoms with Crippen LogP contribution in [-0.2, 0) is 6.61 Å². The molecule has 0 spiro atoms. The molecular formula is C16H16N2O3. The molecule has 0 aliphatic rings. The van der Waals surface area contributed by atoms with Crippen LogP contribution in [-0.4, -0.2) is 15.3 Å². The molecule has 3 rings (SSSR count). The van der Waals surface area contributed by atoms with Crippen molar-refractivity contribution in [1.29, 1.82) is 0 Å². The fourth-order valence-electron chi connectivity index (χ4n) is 2.28. The molecule has 0 bridgehead atoms. The second-order valence-corrected chi connectivity index (χ2v) is 4.88. The highest BCUT2D eigenvalue weighted by Gasteiger charge is 2.14. The average Bonchev–Trinajstić information content (AvgIpc) is 2.90. The molecule has 5 nitrogen and oxygen atoms in total. The van der Waals surface area contributed by atoms with E-state index in [-0.39, 0.29) is 6.61 Å². The molecular weight excluding hydrogens is 268 g/mol. The Bertz CT molecular complexity index is 765. The third kappa shape index (κ3) is 2.73. The Labute approximate surface area is 122 Å². The fourth-order valence-corrected chi connectivity index (χ4v) is 2.28. The zero-order valence-electron chi connectivity index (χ0n) is 11.9. The first-order valence-corrected chi connectivity index (χ1v) is 6.76. The molecule has 0 unspecified atom stereocenters. The van der Waals surface area contributed by atoms with Crippen molar-refractivity contribution in [2.75, 3.05) is 0 Å². The van der Waals surface area contributed by atoms with E-state index in [2.05, 4.69) is 10.2 Å². The minimum absolute atomic E-state index is 0.175. The summed E-state index contributed by atoms with van der Waals surface area (Å²) in [6.45, 7) is 3.62. The largest absolute Gasteiger partial charge is 0.483 e. The van der Waals surface area contributed by atoms with E-state index in [9.17, 15) is 5.11 Å². The van der Waals surface area contributed by atoms with Crippen molar-refractivity contribution in [1.82, 2.24) is 10.2 Å². The highest BCUT2D eigenvalue weighted by Crippen LogP contribution is 2.34. The van der Waals surface area contributed by atoms with Crippen LogP contribution in [0.15, 0.2) is 40.8 Å². The van der Waals surface area contributed by atoms with Crippen molar-refractivity contribution in [3.05, 3.63) is 53.7 Å². The van der Waals surface area contributed by atoms with Gasteiger partial charge in [0.25, 0.3) is 5.89 Å². The van der Waals surface area contributed by atoms with E-state index in [4.69, 9.17) is 9.15 Å². The Kier molecular flexibility index (Phi) is 3.58. The number of rotatable bonds is 4. The van der Waals surface area contributed by atoms with E-state index in [0.717, 1.165) is 16.3 Å². The maximum absolute atomic E-state index is 9.93. The van der Waals surface area contributed by atoms with Crippen molar-refractivity contribution < 1.29 is 14.3 Å². The number of nitrogens with zero attached hydrogens (tertiary/aromatic N) is 2. The van der Waals surface area contributed by atoms with Gasteiger partial charge in [0, 0.05) is 17.9 Å².